The van der Waals surface area contributed by atoms with Crippen molar-refractivity contribution in [3.63, 3.8) is 0 Å². The normalized spacial score (nSPS) is 22.2. The largest absolute Gasteiger partial charge is 0.481 e. The number of amides is 1. The SMILES string of the molecule is O=C(O)CC1(CCCc2ccccc2)CCNC1=O. The lowest BCUT2D eigenvalue weighted by atomic mass is 9.78. The van der Waals surface area contributed by atoms with Gasteiger partial charge in [-0.1, -0.05) is 30.3 Å². The lowest BCUT2D eigenvalue weighted by Gasteiger charge is -2.23. The van der Waals surface area contributed by atoms with Gasteiger partial charge in [-0.05, 0) is 31.2 Å². The Bertz CT molecular complexity index is 458. The number of carboxylic acid groups (broad SMARTS) is 1. The maximum atomic E-state index is 11.9. The van der Waals surface area contributed by atoms with Crippen LogP contribution in [-0.2, 0) is 16.0 Å². The number of hydrogen-bond donors (Lipinski definition) is 2. The highest BCUT2D eigenvalue weighted by Gasteiger charge is 2.43. The predicted molar refractivity (Wildman–Crippen MR) is 71.7 cm³/mol. The molecule has 0 aliphatic carbocycles. The number of aryl methyl sites for hydroxylation is 1. The lowest BCUT2D eigenvalue weighted by molar-refractivity contribution is -0.144. The number of benzene rings is 1. The van der Waals surface area contributed by atoms with Crippen LogP contribution in [0.1, 0.15) is 31.2 Å². The Morgan fingerprint density at radius 3 is 2.63 bits per heavy atom. The third kappa shape index (κ3) is 3.34. The van der Waals surface area contributed by atoms with E-state index >= 15 is 0 Å². The lowest BCUT2D eigenvalue weighted by Crippen LogP contribution is -2.33. The van der Waals surface area contributed by atoms with Gasteiger partial charge in [-0.2, -0.15) is 0 Å². The molecular weight excluding hydrogens is 242 g/mol. The van der Waals surface area contributed by atoms with Gasteiger partial charge in [0.15, 0.2) is 0 Å². The molecular formula is C15H19NO3. The summed E-state index contributed by atoms with van der Waals surface area (Å²) in [7, 11) is 0. The van der Waals surface area contributed by atoms with E-state index in [1.54, 1.807) is 0 Å². The van der Waals surface area contributed by atoms with Crippen molar-refractivity contribution in [3.05, 3.63) is 35.9 Å². The Labute approximate surface area is 112 Å². The van der Waals surface area contributed by atoms with Gasteiger partial charge in [0.2, 0.25) is 5.91 Å². The molecule has 1 fully saturated rings. The van der Waals surface area contributed by atoms with Crippen molar-refractivity contribution in [2.24, 2.45) is 5.41 Å². The van der Waals surface area contributed by atoms with Gasteiger partial charge < -0.3 is 10.4 Å². The average Bonchev–Trinajstić information content (AvgIpc) is 2.71. The highest BCUT2D eigenvalue weighted by molar-refractivity contribution is 5.88. The molecule has 2 rings (SSSR count). The molecule has 0 aromatic heterocycles. The van der Waals surface area contributed by atoms with E-state index in [9.17, 15) is 9.59 Å². The molecule has 4 heteroatoms. The van der Waals surface area contributed by atoms with Crippen molar-refractivity contribution < 1.29 is 14.7 Å². The Morgan fingerprint density at radius 1 is 1.32 bits per heavy atom. The van der Waals surface area contributed by atoms with Crippen molar-refractivity contribution in [1.29, 1.82) is 0 Å². The first-order valence-electron chi connectivity index (χ1n) is 6.66. The molecule has 0 spiro atoms. The second-order valence-electron chi connectivity index (χ2n) is 5.20. The van der Waals surface area contributed by atoms with Gasteiger partial charge in [0, 0.05) is 6.54 Å². The second-order valence-corrected chi connectivity index (χ2v) is 5.20. The van der Waals surface area contributed by atoms with Gasteiger partial charge in [0.1, 0.15) is 0 Å². The fourth-order valence-electron chi connectivity index (χ4n) is 2.78. The summed E-state index contributed by atoms with van der Waals surface area (Å²) in [6.07, 6.45) is 2.93. The van der Waals surface area contributed by atoms with Gasteiger partial charge in [-0.25, -0.2) is 0 Å². The molecule has 0 saturated carbocycles. The molecule has 1 aromatic carbocycles. The fraction of sp³-hybridized carbons (Fsp3) is 0.467. The molecule has 1 aromatic rings. The molecule has 1 unspecified atom stereocenters. The van der Waals surface area contributed by atoms with Crippen molar-refractivity contribution in [2.45, 2.75) is 32.1 Å². The van der Waals surface area contributed by atoms with Gasteiger partial charge in [-0.3, -0.25) is 9.59 Å². The Kier molecular flexibility index (Phi) is 4.20. The molecule has 19 heavy (non-hydrogen) atoms. The molecule has 2 N–H and O–H groups in total. The summed E-state index contributed by atoms with van der Waals surface area (Å²) >= 11 is 0. The number of carboxylic acids is 1. The van der Waals surface area contributed by atoms with E-state index < -0.39 is 11.4 Å². The summed E-state index contributed by atoms with van der Waals surface area (Å²) in [6, 6.07) is 10.1. The minimum atomic E-state index is -0.892. The number of carbonyl (C=O) groups is 2. The summed E-state index contributed by atoms with van der Waals surface area (Å²) in [5.74, 6) is -0.986. The van der Waals surface area contributed by atoms with Crippen LogP contribution >= 0.6 is 0 Å². The van der Waals surface area contributed by atoms with E-state index in [-0.39, 0.29) is 12.3 Å². The van der Waals surface area contributed by atoms with Gasteiger partial charge in [0.05, 0.1) is 11.8 Å². The third-order valence-corrected chi connectivity index (χ3v) is 3.82. The number of aliphatic carboxylic acids is 1. The molecule has 4 nitrogen and oxygen atoms in total. The molecule has 1 heterocycles. The highest BCUT2D eigenvalue weighted by atomic mass is 16.4. The van der Waals surface area contributed by atoms with Crippen LogP contribution in [0.15, 0.2) is 30.3 Å². The zero-order valence-electron chi connectivity index (χ0n) is 10.9. The summed E-state index contributed by atoms with van der Waals surface area (Å²) in [5, 5.41) is 11.8. The molecule has 1 saturated heterocycles. The van der Waals surface area contributed by atoms with E-state index in [0.717, 1.165) is 12.8 Å². The van der Waals surface area contributed by atoms with E-state index in [1.807, 2.05) is 18.2 Å². The Morgan fingerprint density at radius 2 is 2.05 bits per heavy atom. The fourth-order valence-corrected chi connectivity index (χ4v) is 2.78. The summed E-state index contributed by atoms with van der Waals surface area (Å²) in [5.41, 5.74) is 0.534. The summed E-state index contributed by atoms with van der Waals surface area (Å²) in [6.45, 7) is 0.595. The van der Waals surface area contributed by atoms with Crippen molar-refractivity contribution in [1.82, 2.24) is 5.32 Å². The van der Waals surface area contributed by atoms with E-state index in [0.29, 0.717) is 19.4 Å². The highest BCUT2D eigenvalue weighted by Crippen LogP contribution is 2.36. The predicted octanol–water partition coefficient (Wildman–Crippen LogP) is 1.99. The zero-order valence-corrected chi connectivity index (χ0v) is 10.9. The van der Waals surface area contributed by atoms with Crippen LogP contribution in [0.25, 0.3) is 0 Å². The molecule has 102 valence electrons. The average molecular weight is 261 g/mol. The summed E-state index contributed by atoms with van der Waals surface area (Å²) in [4.78, 5) is 22.9. The van der Waals surface area contributed by atoms with E-state index in [2.05, 4.69) is 17.4 Å². The maximum Gasteiger partial charge on any atom is 0.304 e. The first-order chi connectivity index (χ1) is 9.12. The first kappa shape index (κ1) is 13.6. The Balaban J connectivity index is 1.94. The zero-order chi connectivity index (χ0) is 13.7. The van der Waals surface area contributed by atoms with Gasteiger partial charge in [-0.15, -0.1) is 0 Å². The van der Waals surface area contributed by atoms with Crippen molar-refractivity contribution in [3.8, 4) is 0 Å². The molecule has 1 aliphatic rings. The molecule has 1 amide bonds. The molecule has 1 aliphatic heterocycles. The van der Waals surface area contributed by atoms with Crippen molar-refractivity contribution in [2.75, 3.05) is 6.54 Å². The number of hydrogen-bond acceptors (Lipinski definition) is 2. The van der Waals surface area contributed by atoms with E-state index in [1.165, 1.54) is 5.56 Å². The quantitative estimate of drug-likeness (QED) is 0.823. The van der Waals surface area contributed by atoms with Crippen LogP contribution in [0, 0.1) is 5.41 Å². The molecule has 0 bridgehead atoms. The minimum Gasteiger partial charge on any atom is -0.481 e. The van der Waals surface area contributed by atoms with Crippen LogP contribution in [0.2, 0.25) is 0 Å². The monoisotopic (exact) mass is 261 g/mol. The topological polar surface area (TPSA) is 66.4 Å². The first-order valence-corrected chi connectivity index (χ1v) is 6.66. The van der Waals surface area contributed by atoms with Crippen LogP contribution < -0.4 is 5.32 Å². The minimum absolute atomic E-state index is 0.0619. The van der Waals surface area contributed by atoms with Crippen LogP contribution in [0.4, 0.5) is 0 Å². The van der Waals surface area contributed by atoms with Crippen LogP contribution in [-0.4, -0.2) is 23.5 Å². The second kappa shape index (κ2) is 5.87. The van der Waals surface area contributed by atoms with Crippen molar-refractivity contribution >= 4 is 11.9 Å². The maximum absolute atomic E-state index is 11.9. The third-order valence-electron chi connectivity index (χ3n) is 3.82. The van der Waals surface area contributed by atoms with Crippen LogP contribution in [0.3, 0.4) is 0 Å². The molecule has 1 atom stereocenters. The standard InChI is InChI=1S/C15H19NO3/c17-13(18)11-15(9-10-16-14(15)19)8-4-7-12-5-2-1-3-6-12/h1-3,5-6H,4,7-11H2,(H,16,19)(H,17,18). The smallest absolute Gasteiger partial charge is 0.304 e. The number of nitrogens with one attached hydrogen (secondary N) is 1. The van der Waals surface area contributed by atoms with E-state index in [4.69, 9.17) is 5.11 Å². The number of rotatable bonds is 6. The summed E-state index contributed by atoms with van der Waals surface area (Å²) < 4.78 is 0. The van der Waals surface area contributed by atoms with Gasteiger partial charge >= 0.3 is 5.97 Å². The van der Waals surface area contributed by atoms with Gasteiger partial charge in [0.25, 0.3) is 0 Å². The van der Waals surface area contributed by atoms with Crippen LogP contribution in [0.5, 0.6) is 0 Å². The Hall–Kier alpha value is -1.84. The molecule has 0 radical (unpaired) electrons. The number of carbonyl (C=O) groups excluding carboxylic acids is 1.